The van der Waals surface area contributed by atoms with Gasteiger partial charge in [-0.2, -0.15) is 0 Å². The van der Waals surface area contributed by atoms with E-state index in [-0.39, 0.29) is 5.84 Å². The summed E-state index contributed by atoms with van der Waals surface area (Å²) in [6.07, 6.45) is 4.83. The first-order valence-corrected chi connectivity index (χ1v) is 4.95. The van der Waals surface area contributed by atoms with E-state index in [1.54, 1.807) is 23.2 Å². The van der Waals surface area contributed by atoms with Crippen molar-refractivity contribution in [2.75, 3.05) is 0 Å². The van der Waals surface area contributed by atoms with Crippen LogP contribution in [0.5, 0.6) is 0 Å². The van der Waals surface area contributed by atoms with Crippen LogP contribution in [0.25, 0.3) is 5.82 Å². The number of imidazole rings is 1. The predicted octanol–water partition coefficient (Wildman–Crippen LogP) is 0.374. The molecule has 0 spiro atoms. The smallest absolute Gasteiger partial charge is 0.206 e. The standard InChI is InChI=1S/C10H12N6O/c1-6-7(2)14-8(5-13-6)16-4-3-12-10(16)9(11)15-17/h3-5,17H,1-2H3,(H2,11,15). The van der Waals surface area contributed by atoms with Crippen LogP contribution in [0.15, 0.2) is 23.7 Å². The number of oxime groups is 1. The largest absolute Gasteiger partial charge is 0.409 e. The van der Waals surface area contributed by atoms with Crippen molar-refractivity contribution in [1.29, 1.82) is 0 Å². The van der Waals surface area contributed by atoms with Crippen LogP contribution in [0.4, 0.5) is 0 Å². The van der Waals surface area contributed by atoms with Gasteiger partial charge >= 0.3 is 0 Å². The molecule has 7 nitrogen and oxygen atoms in total. The molecule has 2 aromatic rings. The lowest BCUT2D eigenvalue weighted by atomic mass is 10.3. The normalized spacial score (nSPS) is 11.8. The summed E-state index contributed by atoms with van der Waals surface area (Å²) in [7, 11) is 0. The number of amidine groups is 1. The monoisotopic (exact) mass is 232 g/mol. The minimum Gasteiger partial charge on any atom is -0.409 e. The first kappa shape index (κ1) is 11.1. The molecule has 17 heavy (non-hydrogen) atoms. The van der Waals surface area contributed by atoms with Gasteiger partial charge in [-0.05, 0) is 13.8 Å². The molecule has 0 bridgehead atoms. The van der Waals surface area contributed by atoms with Crippen molar-refractivity contribution in [1.82, 2.24) is 19.5 Å². The summed E-state index contributed by atoms with van der Waals surface area (Å²) < 4.78 is 1.61. The van der Waals surface area contributed by atoms with Crippen molar-refractivity contribution >= 4 is 5.84 Å². The van der Waals surface area contributed by atoms with Crippen LogP contribution in [-0.4, -0.2) is 30.6 Å². The van der Waals surface area contributed by atoms with E-state index in [2.05, 4.69) is 20.1 Å². The van der Waals surface area contributed by atoms with Crippen molar-refractivity contribution in [3.8, 4) is 5.82 Å². The Kier molecular flexibility index (Phi) is 2.73. The van der Waals surface area contributed by atoms with Gasteiger partial charge in [0.1, 0.15) is 0 Å². The maximum absolute atomic E-state index is 8.65. The molecule has 88 valence electrons. The average molecular weight is 232 g/mol. The number of hydrogen-bond donors (Lipinski definition) is 2. The fraction of sp³-hybridized carbons (Fsp3) is 0.200. The second-order valence-corrected chi connectivity index (χ2v) is 3.51. The van der Waals surface area contributed by atoms with Gasteiger partial charge in [0.15, 0.2) is 11.6 Å². The fourth-order valence-corrected chi connectivity index (χ4v) is 1.37. The zero-order valence-corrected chi connectivity index (χ0v) is 9.49. The van der Waals surface area contributed by atoms with E-state index < -0.39 is 0 Å². The van der Waals surface area contributed by atoms with E-state index in [0.29, 0.717) is 11.6 Å². The second kappa shape index (κ2) is 4.20. The fourth-order valence-electron chi connectivity index (χ4n) is 1.37. The molecule has 0 aliphatic heterocycles. The molecule has 0 radical (unpaired) electrons. The Morgan fingerprint density at radius 1 is 1.35 bits per heavy atom. The molecule has 7 heteroatoms. The molecule has 0 aliphatic rings. The Hall–Kier alpha value is -2.44. The molecule has 0 saturated heterocycles. The van der Waals surface area contributed by atoms with Crippen LogP contribution in [0.2, 0.25) is 0 Å². The van der Waals surface area contributed by atoms with Crippen LogP contribution in [0, 0.1) is 13.8 Å². The molecule has 0 saturated carbocycles. The summed E-state index contributed by atoms with van der Waals surface area (Å²) in [5.41, 5.74) is 7.19. The SMILES string of the molecule is Cc1ncc(-n2ccnc2/C(N)=N/O)nc1C. The summed E-state index contributed by atoms with van der Waals surface area (Å²) in [6, 6.07) is 0. The third-order valence-corrected chi connectivity index (χ3v) is 2.40. The number of aromatic nitrogens is 4. The molecule has 0 fully saturated rings. The molecule has 0 aromatic carbocycles. The molecule has 0 atom stereocenters. The Bertz CT molecular complexity index is 574. The molecular formula is C10H12N6O. The van der Waals surface area contributed by atoms with Crippen LogP contribution in [0.1, 0.15) is 17.2 Å². The lowest BCUT2D eigenvalue weighted by Gasteiger charge is -2.07. The minimum atomic E-state index is -0.0740. The first-order chi connectivity index (χ1) is 8.13. The van der Waals surface area contributed by atoms with Crippen LogP contribution >= 0.6 is 0 Å². The van der Waals surface area contributed by atoms with E-state index >= 15 is 0 Å². The van der Waals surface area contributed by atoms with Gasteiger partial charge in [-0.25, -0.2) is 9.97 Å². The molecule has 2 rings (SSSR count). The van der Waals surface area contributed by atoms with Crippen molar-refractivity contribution in [2.24, 2.45) is 10.9 Å². The number of nitrogens with two attached hydrogens (primary N) is 1. The third-order valence-electron chi connectivity index (χ3n) is 2.40. The van der Waals surface area contributed by atoms with Gasteiger partial charge in [0, 0.05) is 12.4 Å². The van der Waals surface area contributed by atoms with Gasteiger partial charge in [-0.3, -0.25) is 9.55 Å². The molecule has 3 N–H and O–H groups in total. The van der Waals surface area contributed by atoms with E-state index in [1.807, 2.05) is 13.8 Å². The minimum absolute atomic E-state index is 0.0740. The third kappa shape index (κ3) is 1.94. The Morgan fingerprint density at radius 2 is 2.12 bits per heavy atom. The summed E-state index contributed by atoms with van der Waals surface area (Å²) in [4.78, 5) is 12.6. The Morgan fingerprint density at radius 3 is 2.76 bits per heavy atom. The average Bonchev–Trinajstić information content (AvgIpc) is 2.80. The molecule has 2 aromatic heterocycles. The lowest BCUT2D eigenvalue weighted by Crippen LogP contribution is -2.19. The van der Waals surface area contributed by atoms with Gasteiger partial charge < -0.3 is 10.9 Å². The topological polar surface area (TPSA) is 102 Å². The van der Waals surface area contributed by atoms with Gasteiger partial charge in [-0.15, -0.1) is 0 Å². The molecule has 0 aliphatic carbocycles. The van der Waals surface area contributed by atoms with Crippen LogP contribution < -0.4 is 5.73 Å². The zero-order valence-electron chi connectivity index (χ0n) is 9.49. The van der Waals surface area contributed by atoms with Crippen molar-refractivity contribution in [2.45, 2.75) is 13.8 Å². The van der Waals surface area contributed by atoms with Crippen molar-refractivity contribution in [3.05, 3.63) is 35.8 Å². The van der Waals surface area contributed by atoms with E-state index in [0.717, 1.165) is 11.4 Å². The van der Waals surface area contributed by atoms with Gasteiger partial charge in [0.05, 0.1) is 17.6 Å². The maximum Gasteiger partial charge on any atom is 0.206 e. The number of rotatable bonds is 2. The van der Waals surface area contributed by atoms with E-state index in [1.165, 1.54) is 0 Å². The van der Waals surface area contributed by atoms with Gasteiger partial charge in [0.2, 0.25) is 5.84 Å². The summed E-state index contributed by atoms with van der Waals surface area (Å²) in [5.74, 6) is 0.826. The van der Waals surface area contributed by atoms with Crippen molar-refractivity contribution < 1.29 is 5.21 Å². The number of aryl methyl sites for hydroxylation is 2. The van der Waals surface area contributed by atoms with Crippen LogP contribution in [0.3, 0.4) is 0 Å². The highest BCUT2D eigenvalue weighted by atomic mass is 16.4. The summed E-state index contributed by atoms with van der Waals surface area (Å²) >= 11 is 0. The highest BCUT2D eigenvalue weighted by Gasteiger charge is 2.11. The Balaban J connectivity index is 2.54. The van der Waals surface area contributed by atoms with Crippen molar-refractivity contribution in [3.63, 3.8) is 0 Å². The predicted molar refractivity (Wildman–Crippen MR) is 61.1 cm³/mol. The molecule has 2 heterocycles. The first-order valence-electron chi connectivity index (χ1n) is 4.95. The summed E-state index contributed by atoms with van der Waals surface area (Å²) in [5, 5.41) is 11.6. The summed E-state index contributed by atoms with van der Waals surface area (Å²) in [6.45, 7) is 3.75. The Labute approximate surface area is 97.6 Å². The lowest BCUT2D eigenvalue weighted by molar-refractivity contribution is 0.318. The van der Waals surface area contributed by atoms with E-state index in [4.69, 9.17) is 10.9 Å². The van der Waals surface area contributed by atoms with E-state index in [9.17, 15) is 0 Å². The van der Waals surface area contributed by atoms with Crippen LogP contribution in [-0.2, 0) is 0 Å². The van der Waals surface area contributed by atoms with Gasteiger partial charge in [0.25, 0.3) is 0 Å². The quantitative estimate of drug-likeness (QED) is 0.337. The molecular weight excluding hydrogens is 220 g/mol. The zero-order chi connectivity index (χ0) is 12.4. The number of nitrogens with zero attached hydrogens (tertiary/aromatic N) is 5. The second-order valence-electron chi connectivity index (χ2n) is 3.51. The highest BCUT2D eigenvalue weighted by Crippen LogP contribution is 2.09. The highest BCUT2D eigenvalue weighted by molar-refractivity contribution is 5.94. The number of hydrogen-bond acceptors (Lipinski definition) is 5. The van der Waals surface area contributed by atoms with Gasteiger partial charge in [-0.1, -0.05) is 5.16 Å². The molecule has 0 amide bonds. The maximum atomic E-state index is 8.65. The molecule has 0 unspecified atom stereocenters.